The molecular weight excluding hydrogens is 402 g/mol. The van der Waals surface area contributed by atoms with Crippen LogP contribution in [0.4, 0.5) is 4.79 Å². The van der Waals surface area contributed by atoms with E-state index in [9.17, 15) is 14.4 Å². The van der Waals surface area contributed by atoms with E-state index < -0.39 is 18.1 Å². The van der Waals surface area contributed by atoms with Crippen LogP contribution in [0.3, 0.4) is 0 Å². The van der Waals surface area contributed by atoms with Gasteiger partial charge in [-0.2, -0.15) is 0 Å². The number of rotatable bonds is 12. The molecule has 0 aliphatic heterocycles. The van der Waals surface area contributed by atoms with Crippen LogP contribution in [-0.4, -0.2) is 35.6 Å². The largest absolute Gasteiger partial charge is 0.480 e. The Bertz CT molecular complexity index is 588. The molecule has 0 fully saturated rings. The van der Waals surface area contributed by atoms with E-state index in [0.717, 1.165) is 17.3 Å². The van der Waals surface area contributed by atoms with Crippen LogP contribution in [0.15, 0.2) is 28.7 Å². The van der Waals surface area contributed by atoms with Crippen molar-refractivity contribution in [1.29, 1.82) is 0 Å². The lowest BCUT2D eigenvalue weighted by Gasteiger charge is -2.13. The van der Waals surface area contributed by atoms with Crippen LogP contribution in [0.5, 0.6) is 0 Å². The van der Waals surface area contributed by atoms with Gasteiger partial charge in [0.05, 0.1) is 6.61 Å². The number of carboxylic acids is 1. The maximum atomic E-state index is 11.8. The zero-order chi connectivity index (χ0) is 19.4. The number of nitrogens with one attached hydrogen (secondary N) is 1. The average molecular weight is 428 g/mol. The lowest BCUT2D eigenvalue weighted by molar-refractivity contribution is -0.139. The summed E-state index contributed by atoms with van der Waals surface area (Å²) in [6.07, 6.45) is 3.17. The van der Waals surface area contributed by atoms with Gasteiger partial charge in [-0.05, 0) is 43.4 Å². The normalized spacial score (nSPS) is 11.6. The molecule has 0 radical (unpaired) electrons. The van der Waals surface area contributed by atoms with Crippen LogP contribution in [-0.2, 0) is 20.7 Å². The number of carboxylic acid groups (broad SMARTS) is 1. The molecule has 0 saturated heterocycles. The van der Waals surface area contributed by atoms with Gasteiger partial charge in [-0.3, -0.25) is 4.79 Å². The van der Waals surface area contributed by atoms with E-state index in [-0.39, 0.29) is 12.4 Å². The third-order valence-electron chi connectivity index (χ3n) is 3.83. The smallest absolute Gasteiger partial charge is 0.407 e. The van der Waals surface area contributed by atoms with E-state index in [2.05, 4.69) is 21.2 Å². The van der Waals surface area contributed by atoms with Crippen molar-refractivity contribution in [2.45, 2.75) is 57.9 Å². The maximum Gasteiger partial charge on any atom is 0.407 e. The number of Topliss-reactive ketones (excluding diaryl/α,β-unsaturated/α-hetero) is 1. The quantitative estimate of drug-likeness (QED) is 0.489. The van der Waals surface area contributed by atoms with Gasteiger partial charge < -0.3 is 15.2 Å². The third kappa shape index (κ3) is 9.56. The standard InChI is InChI=1S/C19H26BrNO5/c1-2-5-17(18(23)24)21-19(25)26-13-4-8-16(22)7-3-6-14-9-11-15(20)12-10-14/h9-12,17H,2-8,13H2,1H3,(H,21,25)(H,23,24)/t17-/m0/s1/i20+0. The van der Waals surface area contributed by atoms with Crippen molar-refractivity contribution >= 4 is 33.8 Å². The Morgan fingerprint density at radius 2 is 1.81 bits per heavy atom. The summed E-state index contributed by atoms with van der Waals surface area (Å²) in [6.45, 7) is 1.94. The minimum absolute atomic E-state index is 0.0999. The average Bonchev–Trinajstić information content (AvgIpc) is 2.60. The molecule has 1 amide bonds. The number of carbonyl (C=O) groups excluding carboxylic acids is 2. The van der Waals surface area contributed by atoms with Crippen molar-refractivity contribution in [2.75, 3.05) is 6.61 Å². The molecule has 0 aliphatic carbocycles. The molecule has 1 atom stereocenters. The first-order chi connectivity index (χ1) is 12.4. The molecule has 1 rings (SSSR count). The number of ketones is 1. The summed E-state index contributed by atoms with van der Waals surface area (Å²) >= 11 is 3.39. The van der Waals surface area contributed by atoms with Gasteiger partial charge in [-0.1, -0.05) is 41.4 Å². The first-order valence-corrected chi connectivity index (χ1v) is 9.64. The van der Waals surface area contributed by atoms with Crippen molar-refractivity contribution in [3.63, 3.8) is 0 Å². The first-order valence-electron chi connectivity index (χ1n) is 8.84. The molecule has 1 aromatic rings. The van der Waals surface area contributed by atoms with Gasteiger partial charge in [-0.15, -0.1) is 0 Å². The van der Waals surface area contributed by atoms with Crippen molar-refractivity contribution in [1.82, 2.24) is 5.32 Å². The number of halogens is 1. The second-order valence-corrected chi connectivity index (χ2v) is 7.00. The highest BCUT2D eigenvalue weighted by Crippen LogP contribution is 2.13. The minimum Gasteiger partial charge on any atom is -0.480 e. The zero-order valence-electron chi connectivity index (χ0n) is 15.0. The van der Waals surface area contributed by atoms with Crippen molar-refractivity contribution in [3.05, 3.63) is 34.3 Å². The topological polar surface area (TPSA) is 92.7 Å². The fraction of sp³-hybridized carbons (Fsp3) is 0.526. The molecule has 0 spiro atoms. The zero-order valence-corrected chi connectivity index (χ0v) is 16.6. The molecule has 7 heteroatoms. The molecule has 1 aromatic carbocycles. The minimum atomic E-state index is -1.08. The number of hydrogen-bond acceptors (Lipinski definition) is 4. The Morgan fingerprint density at radius 3 is 2.42 bits per heavy atom. The highest BCUT2D eigenvalue weighted by Gasteiger charge is 2.19. The van der Waals surface area contributed by atoms with E-state index in [4.69, 9.17) is 9.84 Å². The summed E-state index contributed by atoms with van der Waals surface area (Å²) in [4.78, 5) is 34.3. The Labute approximate surface area is 162 Å². The Kier molecular flexibility index (Phi) is 10.6. The Hall–Kier alpha value is -1.89. The van der Waals surface area contributed by atoms with E-state index in [1.165, 1.54) is 5.56 Å². The molecule has 0 unspecified atom stereocenters. The van der Waals surface area contributed by atoms with Crippen LogP contribution in [0.2, 0.25) is 0 Å². The summed E-state index contributed by atoms with van der Waals surface area (Å²) in [7, 11) is 0. The Balaban J connectivity index is 2.12. The van der Waals surface area contributed by atoms with Gasteiger partial charge >= 0.3 is 12.1 Å². The molecule has 0 aliphatic rings. The predicted molar refractivity (Wildman–Crippen MR) is 102 cm³/mol. The molecular formula is C19H26BrNO5. The number of aliphatic carboxylic acids is 1. The van der Waals surface area contributed by atoms with Gasteiger partial charge in [0.1, 0.15) is 11.8 Å². The molecule has 0 bridgehead atoms. The summed E-state index contributed by atoms with van der Waals surface area (Å²) < 4.78 is 5.97. The summed E-state index contributed by atoms with van der Waals surface area (Å²) in [5.41, 5.74) is 1.20. The van der Waals surface area contributed by atoms with E-state index >= 15 is 0 Å². The molecule has 26 heavy (non-hydrogen) atoms. The molecule has 6 nitrogen and oxygen atoms in total. The summed E-state index contributed by atoms with van der Waals surface area (Å²) in [5.74, 6) is -0.940. The fourth-order valence-electron chi connectivity index (χ4n) is 2.43. The van der Waals surface area contributed by atoms with Crippen molar-refractivity contribution < 1.29 is 24.2 Å². The predicted octanol–water partition coefficient (Wildman–Crippen LogP) is 4.10. The molecule has 144 valence electrons. The Morgan fingerprint density at radius 1 is 1.15 bits per heavy atom. The van der Waals surface area contributed by atoms with Crippen molar-refractivity contribution in [3.8, 4) is 0 Å². The number of carbonyl (C=O) groups is 3. The molecule has 0 aromatic heterocycles. The number of ether oxygens (including phenoxy) is 1. The highest BCUT2D eigenvalue weighted by atomic mass is 79.9. The number of hydrogen-bond donors (Lipinski definition) is 2. The number of alkyl carbamates (subject to hydrolysis) is 1. The molecule has 0 heterocycles. The SMILES string of the molecule is CCC[C@H](NC(=O)OCCCC(=O)CCCc1ccc([80Br])cc1)C(=O)O. The van der Waals surface area contributed by atoms with Crippen LogP contribution in [0.25, 0.3) is 0 Å². The molecule has 2 N–H and O–H groups in total. The van der Waals surface area contributed by atoms with Crippen LogP contribution < -0.4 is 5.32 Å². The lowest BCUT2D eigenvalue weighted by atomic mass is 10.0. The van der Waals surface area contributed by atoms with Gasteiger partial charge in [0.25, 0.3) is 0 Å². The van der Waals surface area contributed by atoms with Crippen LogP contribution in [0, 0.1) is 0 Å². The van der Waals surface area contributed by atoms with E-state index in [1.54, 1.807) is 0 Å². The van der Waals surface area contributed by atoms with Crippen LogP contribution in [0.1, 0.15) is 51.0 Å². The van der Waals surface area contributed by atoms with Crippen LogP contribution >= 0.6 is 15.9 Å². The second-order valence-electron chi connectivity index (χ2n) is 6.08. The fourth-order valence-corrected chi connectivity index (χ4v) is 2.69. The third-order valence-corrected chi connectivity index (χ3v) is 4.36. The van der Waals surface area contributed by atoms with Gasteiger partial charge in [-0.25, -0.2) is 9.59 Å². The van der Waals surface area contributed by atoms with Gasteiger partial charge in [0.2, 0.25) is 0 Å². The van der Waals surface area contributed by atoms with E-state index in [1.807, 2.05) is 31.2 Å². The number of aryl methyl sites for hydroxylation is 1. The highest BCUT2D eigenvalue weighted by molar-refractivity contribution is 9.10. The van der Waals surface area contributed by atoms with Crippen molar-refractivity contribution in [2.24, 2.45) is 0 Å². The second kappa shape index (κ2) is 12.5. The first kappa shape index (κ1) is 22.2. The summed E-state index contributed by atoms with van der Waals surface area (Å²) in [6, 6.07) is 7.09. The number of benzene rings is 1. The van der Waals surface area contributed by atoms with E-state index in [0.29, 0.717) is 32.1 Å². The lowest BCUT2D eigenvalue weighted by Crippen LogP contribution is -2.41. The maximum absolute atomic E-state index is 11.8. The van der Waals surface area contributed by atoms with Gasteiger partial charge in [0, 0.05) is 17.3 Å². The summed E-state index contributed by atoms with van der Waals surface area (Å²) in [5, 5.41) is 11.3. The van der Waals surface area contributed by atoms with Gasteiger partial charge in [0.15, 0.2) is 0 Å². The monoisotopic (exact) mass is 428 g/mol. The molecule has 0 saturated carbocycles. The number of amides is 1.